The van der Waals surface area contributed by atoms with Gasteiger partial charge in [-0.2, -0.15) is 0 Å². The molecule has 0 radical (unpaired) electrons. The Morgan fingerprint density at radius 1 is 1.31 bits per heavy atom. The van der Waals surface area contributed by atoms with Crippen LogP contribution in [-0.4, -0.2) is 50.9 Å². The molecule has 1 aliphatic heterocycles. The van der Waals surface area contributed by atoms with Crippen molar-refractivity contribution in [3.63, 3.8) is 0 Å². The van der Waals surface area contributed by atoms with Gasteiger partial charge in [0.15, 0.2) is 0 Å². The van der Waals surface area contributed by atoms with Crippen LogP contribution in [0.25, 0.3) is 0 Å². The molecule has 5 nitrogen and oxygen atoms in total. The Morgan fingerprint density at radius 2 is 1.88 bits per heavy atom. The minimum absolute atomic E-state index is 0.147. The summed E-state index contributed by atoms with van der Waals surface area (Å²) < 4.78 is 1.80. The minimum atomic E-state index is -0.828. The van der Waals surface area contributed by atoms with E-state index in [-0.39, 0.29) is 19.0 Å². The van der Waals surface area contributed by atoms with Crippen LogP contribution in [-0.2, 0) is 7.05 Å². The molecule has 16 heavy (non-hydrogen) atoms. The Balaban J connectivity index is 2.18. The molecule has 1 aromatic rings. The molecule has 0 saturated carbocycles. The second-order valence-corrected chi connectivity index (χ2v) is 4.26. The number of hydrogen-bond acceptors (Lipinski definition) is 3. The van der Waals surface area contributed by atoms with Gasteiger partial charge < -0.3 is 19.7 Å². The van der Waals surface area contributed by atoms with E-state index in [4.69, 9.17) is 0 Å². The number of aromatic nitrogens is 1. The van der Waals surface area contributed by atoms with E-state index >= 15 is 0 Å². The van der Waals surface area contributed by atoms with Crippen molar-refractivity contribution < 1.29 is 15.0 Å². The van der Waals surface area contributed by atoms with E-state index in [2.05, 4.69) is 0 Å². The molecule has 0 aromatic carbocycles. The van der Waals surface area contributed by atoms with E-state index in [1.165, 1.54) is 4.90 Å². The van der Waals surface area contributed by atoms with Crippen molar-refractivity contribution >= 4 is 5.91 Å². The molecule has 2 rings (SSSR count). The quantitative estimate of drug-likeness (QED) is 0.676. The van der Waals surface area contributed by atoms with Crippen molar-refractivity contribution in [2.75, 3.05) is 13.1 Å². The Kier molecular flexibility index (Phi) is 2.73. The predicted octanol–water partition coefficient (Wildman–Crippen LogP) is -0.489. The van der Waals surface area contributed by atoms with Crippen molar-refractivity contribution in [1.82, 2.24) is 9.47 Å². The lowest BCUT2D eigenvalue weighted by atomic mass is 10.3. The average Bonchev–Trinajstić information content (AvgIpc) is 2.73. The van der Waals surface area contributed by atoms with Crippen LogP contribution in [0.2, 0.25) is 0 Å². The Bertz CT molecular complexity index is 403. The van der Waals surface area contributed by atoms with Gasteiger partial charge in [0.25, 0.3) is 5.91 Å². The summed E-state index contributed by atoms with van der Waals surface area (Å²) in [4.78, 5) is 13.5. The molecular weight excluding hydrogens is 208 g/mol. The van der Waals surface area contributed by atoms with Crippen LogP contribution in [0, 0.1) is 6.92 Å². The number of carbonyl (C=O) groups is 1. The number of amides is 1. The van der Waals surface area contributed by atoms with E-state index < -0.39 is 12.2 Å². The summed E-state index contributed by atoms with van der Waals surface area (Å²) in [7, 11) is 1.82. The smallest absolute Gasteiger partial charge is 0.270 e. The molecule has 2 N–H and O–H groups in total. The van der Waals surface area contributed by atoms with Crippen molar-refractivity contribution in [1.29, 1.82) is 0 Å². The second-order valence-electron chi connectivity index (χ2n) is 4.26. The van der Waals surface area contributed by atoms with Crippen molar-refractivity contribution in [2.45, 2.75) is 19.1 Å². The molecule has 1 aromatic heterocycles. The number of hydrogen-bond donors (Lipinski definition) is 2. The summed E-state index contributed by atoms with van der Waals surface area (Å²) in [5.74, 6) is -0.147. The first-order valence-electron chi connectivity index (χ1n) is 5.28. The van der Waals surface area contributed by atoms with Gasteiger partial charge in [-0.05, 0) is 19.1 Å². The number of aliphatic hydroxyl groups excluding tert-OH is 2. The molecule has 1 saturated heterocycles. The van der Waals surface area contributed by atoms with Crippen molar-refractivity contribution in [3.05, 3.63) is 23.5 Å². The van der Waals surface area contributed by atoms with Gasteiger partial charge in [-0.15, -0.1) is 0 Å². The zero-order chi connectivity index (χ0) is 11.9. The molecule has 1 fully saturated rings. The fourth-order valence-corrected chi connectivity index (χ4v) is 1.93. The summed E-state index contributed by atoms with van der Waals surface area (Å²) in [5.41, 5.74) is 1.59. The van der Waals surface area contributed by atoms with Gasteiger partial charge in [0.1, 0.15) is 5.69 Å². The van der Waals surface area contributed by atoms with Gasteiger partial charge in [0, 0.05) is 25.8 Å². The Labute approximate surface area is 93.9 Å². The van der Waals surface area contributed by atoms with Crippen LogP contribution in [0.15, 0.2) is 12.1 Å². The molecule has 88 valence electrons. The largest absolute Gasteiger partial charge is 0.388 e. The van der Waals surface area contributed by atoms with Gasteiger partial charge in [-0.25, -0.2) is 0 Å². The molecule has 2 atom stereocenters. The van der Waals surface area contributed by atoms with Crippen LogP contribution < -0.4 is 0 Å². The van der Waals surface area contributed by atoms with E-state index in [1.807, 2.05) is 20.0 Å². The molecule has 0 spiro atoms. The Hall–Kier alpha value is -1.33. The van der Waals surface area contributed by atoms with Gasteiger partial charge in [0.2, 0.25) is 0 Å². The number of rotatable bonds is 1. The first-order valence-corrected chi connectivity index (χ1v) is 5.28. The second kappa shape index (κ2) is 3.92. The van der Waals surface area contributed by atoms with Gasteiger partial charge >= 0.3 is 0 Å². The summed E-state index contributed by atoms with van der Waals surface area (Å²) in [6, 6.07) is 3.63. The highest BCUT2D eigenvalue weighted by molar-refractivity contribution is 5.93. The van der Waals surface area contributed by atoms with Crippen molar-refractivity contribution in [3.8, 4) is 0 Å². The number of β-amino-alcohol motifs (C(OH)–C–C–N with tert-alkyl or cyclic N) is 2. The molecule has 2 heterocycles. The third-order valence-corrected chi connectivity index (χ3v) is 3.14. The maximum Gasteiger partial charge on any atom is 0.270 e. The maximum atomic E-state index is 12.1. The number of aryl methyl sites for hydroxylation is 1. The molecule has 1 amide bonds. The third-order valence-electron chi connectivity index (χ3n) is 3.14. The average molecular weight is 224 g/mol. The van der Waals surface area contributed by atoms with E-state index in [1.54, 1.807) is 10.6 Å². The molecule has 1 aliphatic rings. The molecule has 0 bridgehead atoms. The topological polar surface area (TPSA) is 65.7 Å². The van der Waals surface area contributed by atoms with E-state index in [0.717, 1.165) is 5.69 Å². The number of carbonyl (C=O) groups excluding carboxylic acids is 1. The minimum Gasteiger partial charge on any atom is -0.388 e. The highest BCUT2D eigenvalue weighted by atomic mass is 16.3. The number of nitrogens with zero attached hydrogens (tertiary/aromatic N) is 2. The van der Waals surface area contributed by atoms with Gasteiger partial charge in [-0.1, -0.05) is 0 Å². The van der Waals surface area contributed by atoms with Crippen LogP contribution in [0.3, 0.4) is 0 Å². The Morgan fingerprint density at radius 3 is 2.31 bits per heavy atom. The van der Waals surface area contributed by atoms with Gasteiger partial charge in [0.05, 0.1) is 12.2 Å². The highest BCUT2D eigenvalue weighted by Gasteiger charge is 2.33. The summed E-state index contributed by atoms with van der Waals surface area (Å²) >= 11 is 0. The fourth-order valence-electron chi connectivity index (χ4n) is 1.93. The monoisotopic (exact) mass is 224 g/mol. The number of likely N-dealkylation sites (tertiary alicyclic amines) is 1. The third kappa shape index (κ3) is 1.72. The lowest BCUT2D eigenvalue weighted by Gasteiger charge is -2.15. The highest BCUT2D eigenvalue weighted by Crippen LogP contribution is 2.15. The SMILES string of the molecule is Cc1ccc(C(=O)N2CC(O)C(O)C2)n1C. The summed E-state index contributed by atoms with van der Waals surface area (Å²) in [5, 5.41) is 18.8. The normalized spacial score (nSPS) is 25.1. The van der Waals surface area contributed by atoms with E-state index in [0.29, 0.717) is 5.69 Å². The van der Waals surface area contributed by atoms with Crippen molar-refractivity contribution in [2.24, 2.45) is 7.05 Å². The molecule has 0 aliphatic carbocycles. The predicted molar refractivity (Wildman–Crippen MR) is 58.1 cm³/mol. The number of aliphatic hydroxyl groups is 2. The first kappa shape index (κ1) is 11.2. The van der Waals surface area contributed by atoms with Crippen LogP contribution in [0.1, 0.15) is 16.2 Å². The molecular formula is C11H16N2O3. The van der Waals surface area contributed by atoms with E-state index in [9.17, 15) is 15.0 Å². The lowest BCUT2D eigenvalue weighted by Crippen LogP contribution is -2.31. The standard InChI is InChI=1S/C11H16N2O3/c1-7-3-4-8(12(7)2)11(16)13-5-9(14)10(15)6-13/h3-4,9-10,14-15H,5-6H2,1-2H3. The maximum absolute atomic E-state index is 12.1. The fraction of sp³-hybridized carbons (Fsp3) is 0.545. The molecule has 2 unspecified atom stereocenters. The van der Waals surface area contributed by atoms with Crippen LogP contribution >= 0.6 is 0 Å². The summed E-state index contributed by atoms with van der Waals surface area (Å²) in [6.45, 7) is 2.32. The summed E-state index contributed by atoms with van der Waals surface area (Å²) in [6.07, 6.45) is -1.66. The molecule has 5 heteroatoms. The first-order chi connectivity index (χ1) is 7.50. The van der Waals surface area contributed by atoms with Crippen LogP contribution in [0.4, 0.5) is 0 Å². The zero-order valence-corrected chi connectivity index (χ0v) is 9.42. The zero-order valence-electron chi connectivity index (χ0n) is 9.42. The van der Waals surface area contributed by atoms with Crippen LogP contribution in [0.5, 0.6) is 0 Å². The lowest BCUT2D eigenvalue weighted by molar-refractivity contribution is 0.0572. The van der Waals surface area contributed by atoms with Gasteiger partial charge in [-0.3, -0.25) is 4.79 Å².